The van der Waals surface area contributed by atoms with E-state index in [0.29, 0.717) is 0 Å². The standard InChI is InChI=1S/C10H13NO3S2/c12-9-1-3-10(4-2-9)16(13,14)11-8-5-6-15-7-8/h1-4,8,11-12H,5-7H2. The Labute approximate surface area is 99.1 Å². The summed E-state index contributed by atoms with van der Waals surface area (Å²) in [6, 6.07) is 5.58. The Morgan fingerprint density at radius 3 is 2.56 bits per heavy atom. The molecule has 1 saturated heterocycles. The van der Waals surface area contributed by atoms with Crippen LogP contribution in [0.5, 0.6) is 5.75 Å². The molecule has 16 heavy (non-hydrogen) atoms. The van der Waals surface area contributed by atoms with Gasteiger partial charge in [-0.2, -0.15) is 11.8 Å². The Kier molecular flexibility index (Phi) is 3.41. The Bertz CT molecular complexity index is 449. The van der Waals surface area contributed by atoms with Crippen molar-refractivity contribution < 1.29 is 13.5 Å². The van der Waals surface area contributed by atoms with E-state index in [1.54, 1.807) is 11.8 Å². The molecule has 4 nitrogen and oxygen atoms in total. The molecule has 0 bridgehead atoms. The zero-order chi connectivity index (χ0) is 11.6. The van der Waals surface area contributed by atoms with Crippen LogP contribution in [0.2, 0.25) is 0 Å². The molecule has 1 fully saturated rings. The molecule has 1 heterocycles. The third-order valence-electron chi connectivity index (χ3n) is 2.40. The first-order valence-corrected chi connectivity index (χ1v) is 7.61. The first-order chi connectivity index (χ1) is 7.58. The van der Waals surface area contributed by atoms with Crippen molar-refractivity contribution in [1.29, 1.82) is 0 Å². The number of thioether (sulfide) groups is 1. The van der Waals surface area contributed by atoms with Crippen molar-refractivity contribution in [2.24, 2.45) is 0 Å². The van der Waals surface area contributed by atoms with Crippen LogP contribution in [0.15, 0.2) is 29.2 Å². The van der Waals surface area contributed by atoms with Gasteiger partial charge in [0.15, 0.2) is 0 Å². The average molecular weight is 259 g/mol. The Morgan fingerprint density at radius 2 is 2.00 bits per heavy atom. The lowest BCUT2D eigenvalue weighted by Gasteiger charge is -2.11. The molecule has 1 atom stereocenters. The monoisotopic (exact) mass is 259 g/mol. The zero-order valence-corrected chi connectivity index (χ0v) is 10.2. The van der Waals surface area contributed by atoms with E-state index in [9.17, 15) is 8.42 Å². The van der Waals surface area contributed by atoms with Crippen molar-refractivity contribution >= 4 is 21.8 Å². The van der Waals surface area contributed by atoms with E-state index in [4.69, 9.17) is 5.11 Å². The second-order valence-corrected chi connectivity index (χ2v) is 6.54. The van der Waals surface area contributed by atoms with Crippen molar-refractivity contribution in [2.75, 3.05) is 11.5 Å². The predicted molar refractivity (Wildman–Crippen MR) is 64.2 cm³/mol. The van der Waals surface area contributed by atoms with E-state index in [0.717, 1.165) is 17.9 Å². The molecule has 0 aliphatic carbocycles. The Balaban J connectivity index is 2.14. The summed E-state index contributed by atoms with van der Waals surface area (Å²) in [6.07, 6.45) is 0.877. The topological polar surface area (TPSA) is 66.4 Å². The summed E-state index contributed by atoms with van der Waals surface area (Å²) in [5.41, 5.74) is 0. The molecule has 88 valence electrons. The van der Waals surface area contributed by atoms with E-state index >= 15 is 0 Å². The normalized spacial score (nSPS) is 21.1. The maximum Gasteiger partial charge on any atom is 0.240 e. The molecule has 1 aliphatic rings. The lowest BCUT2D eigenvalue weighted by Crippen LogP contribution is -2.34. The molecule has 1 aromatic carbocycles. The molecule has 0 saturated carbocycles. The molecular formula is C10H13NO3S2. The highest BCUT2D eigenvalue weighted by atomic mass is 32.2. The largest absolute Gasteiger partial charge is 0.508 e. The van der Waals surface area contributed by atoms with Gasteiger partial charge in [0.05, 0.1) is 4.90 Å². The molecule has 1 unspecified atom stereocenters. The number of hydrogen-bond donors (Lipinski definition) is 2. The fourth-order valence-electron chi connectivity index (χ4n) is 1.54. The lowest BCUT2D eigenvalue weighted by molar-refractivity contribution is 0.474. The number of phenols is 1. The SMILES string of the molecule is O=S(=O)(NC1CCSC1)c1ccc(O)cc1. The van der Waals surface area contributed by atoms with Gasteiger partial charge in [-0.3, -0.25) is 0 Å². The highest BCUT2D eigenvalue weighted by Crippen LogP contribution is 2.20. The van der Waals surface area contributed by atoms with Gasteiger partial charge < -0.3 is 5.11 Å². The summed E-state index contributed by atoms with van der Waals surface area (Å²) in [5, 5.41) is 9.09. The van der Waals surface area contributed by atoms with Crippen LogP contribution < -0.4 is 4.72 Å². The van der Waals surface area contributed by atoms with E-state index < -0.39 is 10.0 Å². The van der Waals surface area contributed by atoms with Crippen LogP contribution in [-0.2, 0) is 10.0 Å². The third-order valence-corrected chi connectivity index (χ3v) is 5.10. The molecule has 0 aromatic heterocycles. The summed E-state index contributed by atoms with van der Waals surface area (Å²) in [4.78, 5) is 0.196. The van der Waals surface area contributed by atoms with E-state index in [1.165, 1.54) is 24.3 Å². The number of phenolic OH excluding ortho intramolecular Hbond substituents is 1. The molecule has 1 aromatic rings. The zero-order valence-electron chi connectivity index (χ0n) is 8.59. The van der Waals surface area contributed by atoms with E-state index in [2.05, 4.69) is 4.72 Å². The number of aromatic hydroxyl groups is 1. The summed E-state index contributed by atoms with van der Waals surface area (Å²) in [6.45, 7) is 0. The predicted octanol–water partition coefficient (Wildman–Crippen LogP) is 1.18. The summed E-state index contributed by atoms with van der Waals surface area (Å²) in [5.74, 6) is 1.90. The van der Waals surface area contributed by atoms with Crippen molar-refractivity contribution in [3.05, 3.63) is 24.3 Å². The van der Waals surface area contributed by atoms with Gasteiger partial charge >= 0.3 is 0 Å². The van der Waals surface area contributed by atoms with Gasteiger partial charge in [-0.05, 0) is 36.4 Å². The molecule has 0 spiro atoms. The average Bonchev–Trinajstić information content (AvgIpc) is 2.70. The van der Waals surface area contributed by atoms with Gasteiger partial charge in [0.25, 0.3) is 0 Å². The Hall–Kier alpha value is -0.720. The van der Waals surface area contributed by atoms with E-state index in [1.807, 2.05) is 0 Å². The second-order valence-electron chi connectivity index (χ2n) is 3.68. The van der Waals surface area contributed by atoms with Gasteiger partial charge in [0.1, 0.15) is 5.75 Å². The number of benzene rings is 1. The first-order valence-electron chi connectivity index (χ1n) is 4.97. The smallest absolute Gasteiger partial charge is 0.240 e. The third kappa shape index (κ3) is 2.69. The minimum absolute atomic E-state index is 0.0313. The molecule has 2 N–H and O–H groups in total. The second kappa shape index (κ2) is 4.65. The van der Waals surface area contributed by atoms with Gasteiger partial charge in [0.2, 0.25) is 10.0 Å². The van der Waals surface area contributed by atoms with Crippen LogP contribution in [0.1, 0.15) is 6.42 Å². The highest BCUT2D eigenvalue weighted by molar-refractivity contribution is 7.99. The van der Waals surface area contributed by atoms with Crippen molar-refractivity contribution in [2.45, 2.75) is 17.4 Å². The number of nitrogens with one attached hydrogen (secondary N) is 1. The van der Waals surface area contributed by atoms with Crippen molar-refractivity contribution in [3.8, 4) is 5.75 Å². The van der Waals surface area contributed by atoms with Crippen LogP contribution in [0.3, 0.4) is 0 Å². The number of hydrogen-bond acceptors (Lipinski definition) is 4. The number of sulfonamides is 1. The summed E-state index contributed by atoms with van der Waals surface area (Å²) in [7, 11) is -3.43. The maximum absolute atomic E-state index is 11.9. The highest BCUT2D eigenvalue weighted by Gasteiger charge is 2.22. The fourth-order valence-corrected chi connectivity index (χ4v) is 4.07. The molecule has 6 heteroatoms. The van der Waals surface area contributed by atoms with Gasteiger partial charge in [0, 0.05) is 11.8 Å². The lowest BCUT2D eigenvalue weighted by atomic mass is 10.3. The summed E-state index contributed by atoms with van der Waals surface area (Å²) >= 11 is 1.75. The van der Waals surface area contributed by atoms with Crippen LogP contribution in [-0.4, -0.2) is 31.1 Å². The van der Waals surface area contributed by atoms with Crippen molar-refractivity contribution in [3.63, 3.8) is 0 Å². The minimum Gasteiger partial charge on any atom is -0.508 e. The molecule has 1 aliphatic heterocycles. The molecular weight excluding hydrogens is 246 g/mol. The van der Waals surface area contributed by atoms with Crippen LogP contribution in [0.25, 0.3) is 0 Å². The fraction of sp³-hybridized carbons (Fsp3) is 0.400. The molecule has 0 radical (unpaired) electrons. The summed E-state index contributed by atoms with van der Waals surface area (Å²) < 4.78 is 26.5. The molecule has 0 amide bonds. The van der Waals surface area contributed by atoms with Crippen LogP contribution in [0.4, 0.5) is 0 Å². The molecule has 2 rings (SSSR count). The van der Waals surface area contributed by atoms with E-state index in [-0.39, 0.29) is 16.7 Å². The Morgan fingerprint density at radius 1 is 1.31 bits per heavy atom. The number of rotatable bonds is 3. The van der Waals surface area contributed by atoms with Gasteiger partial charge in [-0.15, -0.1) is 0 Å². The van der Waals surface area contributed by atoms with Crippen LogP contribution in [0, 0.1) is 0 Å². The minimum atomic E-state index is -3.43. The van der Waals surface area contributed by atoms with Gasteiger partial charge in [-0.1, -0.05) is 0 Å². The van der Waals surface area contributed by atoms with Gasteiger partial charge in [-0.25, -0.2) is 13.1 Å². The van der Waals surface area contributed by atoms with Crippen molar-refractivity contribution in [1.82, 2.24) is 4.72 Å². The first kappa shape index (κ1) is 11.8. The quantitative estimate of drug-likeness (QED) is 0.855. The maximum atomic E-state index is 11.9. The van der Waals surface area contributed by atoms with Crippen LogP contribution >= 0.6 is 11.8 Å².